The second kappa shape index (κ2) is 6.98. The van der Waals surface area contributed by atoms with Crippen molar-refractivity contribution in [3.63, 3.8) is 0 Å². The first-order valence-corrected chi connectivity index (χ1v) is 6.31. The first kappa shape index (κ1) is 15.9. The van der Waals surface area contributed by atoms with E-state index in [1.54, 1.807) is 12.1 Å². The quantitative estimate of drug-likeness (QED) is 0.488. The maximum atomic E-state index is 11.8. The molecule has 1 amide bonds. The molecule has 23 heavy (non-hydrogen) atoms. The van der Waals surface area contributed by atoms with Gasteiger partial charge >= 0.3 is 0 Å². The van der Waals surface area contributed by atoms with Gasteiger partial charge in [-0.3, -0.25) is 19.9 Å². The highest BCUT2D eigenvalue weighted by Crippen LogP contribution is 2.32. The van der Waals surface area contributed by atoms with Crippen molar-refractivity contribution in [3.05, 3.63) is 57.9 Å². The molecule has 0 bridgehead atoms. The number of hydrogen-bond acceptors (Lipinski definition) is 7. The van der Waals surface area contributed by atoms with Crippen LogP contribution in [0.25, 0.3) is 0 Å². The predicted octanol–water partition coefficient (Wildman–Crippen LogP) is 1.47. The van der Waals surface area contributed by atoms with Crippen LogP contribution >= 0.6 is 0 Å². The van der Waals surface area contributed by atoms with Crippen LogP contribution in [0, 0.1) is 10.1 Å². The molecule has 0 unspecified atom stereocenters. The number of phenols is 1. The largest absolute Gasteiger partial charge is 0.504 e. The average Bonchev–Trinajstić information content (AvgIpc) is 2.56. The van der Waals surface area contributed by atoms with Gasteiger partial charge in [-0.1, -0.05) is 0 Å². The molecule has 118 valence electrons. The van der Waals surface area contributed by atoms with Gasteiger partial charge in [-0.2, -0.15) is 5.10 Å². The van der Waals surface area contributed by atoms with E-state index in [4.69, 9.17) is 4.74 Å². The normalized spacial score (nSPS) is 10.5. The van der Waals surface area contributed by atoms with Crippen molar-refractivity contribution in [3.8, 4) is 11.5 Å². The van der Waals surface area contributed by atoms with Crippen LogP contribution in [0.1, 0.15) is 15.9 Å². The maximum Gasteiger partial charge on any atom is 0.282 e. The highest BCUT2D eigenvalue weighted by molar-refractivity contribution is 5.95. The first-order chi connectivity index (χ1) is 11.0. The molecule has 1 heterocycles. The molecular formula is C14H12N4O5. The summed E-state index contributed by atoms with van der Waals surface area (Å²) in [5.41, 5.74) is 2.22. The molecule has 0 aliphatic rings. The monoisotopic (exact) mass is 316 g/mol. The predicted molar refractivity (Wildman–Crippen MR) is 80.6 cm³/mol. The van der Waals surface area contributed by atoms with Gasteiger partial charge < -0.3 is 9.84 Å². The van der Waals surface area contributed by atoms with E-state index in [1.807, 2.05) is 0 Å². The van der Waals surface area contributed by atoms with Crippen LogP contribution in [-0.2, 0) is 0 Å². The number of rotatable bonds is 5. The number of nitrogens with zero attached hydrogens (tertiary/aromatic N) is 3. The minimum Gasteiger partial charge on any atom is -0.504 e. The number of phenolic OH excluding ortho intramolecular Hbond substituents is 1. The van der Waals surface area contributed by atoms with Crippen LogP contribution in [-0.4, -0.2) is 34.2 Å². The number of aromatic nitrogens is 1. The molecule has 2 N–H and O–H groups in total. The highest BCUT2D eigenvalue weighted by Gasteiger charge is 2.17. The van der Waals surface area contributed by atoms with Crippen molar-refractivity contribution >= 4 is 17.8 Å². The third kappa shape index (κ3) is 3.79. The Morgan fingerprint density at radius 1 is 1.52 bits per heavy atom. The fraction of sp³-hybridized carbons (Fsp3) is 0.0714. The lowest BCUT2D eigenvalue weighted by molar-refractivity contribution is -0.385. The van der Waals surface area contributed by atoms with Crippen molar-refractivity contribution in [1.82, 2.24) is 10.4 Å². The summed E-state index contributed by atoms with van der Waals surface area (Å²) in [6, 6.07) is 5.33. The van der Waals surface area contributed by atoms with Gasteiger partial charge in [0, 0.05) is 12.4 Å². The van der Waals surface area contributed by atoms with E-state index in [0.717, 1.165) is 12.3 Å². The van der Waals surface area contributed by atoms with Gasteiger partial charge in [-0.25, -0.2) is 5.43 Å². The average molecular weight is 316 g/mol. The number of hydrazone groups is 1. The highest BCUT2D eigenvalue weighted by atomic mass is 16.6. The molecule has 0 spiro atoms. The minimum atomic E-state index is -0.677. The molecule has 0 atom stereocenters. The van der Waals surface area contributed by atoms with Gasteiger partial charge in [0.25, 0.3) is 11.6 Å². The number of ether oxygens (including phenoxy) is 1. The second-order valence-corrected chi connectivity index (χ2v) is 4.28. The summed E-state index contributed by atoms with van der Waals surface area (Å²) in [7, 11) is 1.31. The van der Waals surface area contributed by atoms with E-state index >= 15 is 0 Å². The van der Waals surface area contributed by atoms with E-state index in [2.05, 4.69) is 15.5 Å². The maximum absolute atomic E-state index is 11.8. The van der Waals surface area contributed by atoms with E-state index in [-0.39, 0.29) is 22.7 Å². The van der Waals surface area contributed by atoms with Crippen LogP contribution in [0.15, 0.2) is 41.8 Å². The SMILES string of the molecule is COc1cc(/C=N\NC(=O)c2cccnc2)c([N+](=O)[O-])cc1O. The van der Waals surface area contributed by atoms with Crippen molar-refractivity contribution in [2.24, 2.45) is 5.10 Å². The van der Waals surface area contributed by atoms with Crippen molar-refractivity contribution < 1.29 is 19.6 Å². The Morgan fingerprint density at radius 3 is 2.91 bits per heavy atom. The molecule has 9 heteroatoms. The standard InChI is InChI=1S/C14H12N4O5/c1-23-13-5-10(11(18(21)22)6-12(13)19)8-16-17-14(20)9-3-2-4-15-7-9/h2-8,19H,1H3,(H,17,20)/b16-8-. The summed E-state index contributed by atoms with van der Waals surface area (Å²) in [5.74, 6) is -0.825. The number of methoxy groups -OCH3 is 1. The van der Waals surface area contributed by atoms with Gasteiger partial charge in [-0.05, 0) is 18.2 Å². The van der Waals surface area contributed by atoms with Gasteiger partial charge in [0.2, 0.25) is 0 Å². The first-order valence-electron chi connectivity index (χ1n) is 6.31. The summed E-state index contributed by atoms with van der Waals surface area (Å²) in [5, 5.41) is 24.2. The number of amides is 1. The topological polar surface area (TPSA) is 127 Å². The minimum absolute atomic E-state index is 0.0515. The zero-order chi connectivity index (χ0) is 16.8. The van der Waals surface area contributed by atoms with E-state index in [0.29, 0.717) is 5.56 Å². The molecule has 0 aliphatic heterocycles. The number of hydrogen-bond donors (Lipinski definition) is 2. The Bertz CT molecular complexity index is 761. The zero-order valence-corrected chi connectivity index (χ0v) is 12.0. The number of benzene rings is 1. The van der Waals surface area contributed by atoms with E-state index in [9.17, 15) is 20.0 Å². The number of pyridine rings is 1. The Labute approximate surface area is 130 Å². The van der Waals surface area contributed by atoms with Gasteiger partial charge in [0.15, 0.2) is 11.5 Å². The summed E-state index contributed by atoms with van der Waals surface area (Å²) in [6.45, 7) is 0. The molecule has 0 saturated carbocycles. The van der Waals surface area contributed by atoms with Crippen LogP contribution in [0.4, 0.5) is 5.69 Å². The van der Waals surface area contributed by atoms with Crippen LogP contribution < -0.4 is 10.2 Å². The lowest BCUT2D eigenvalue weighted by atomic mass is 10.1. The Hall–Kier alpha value is -3.49. The van der Waals surface area contributed by atoms with E-state index < -0.39 is 10.8 Å². The van der Waals surface area contributed by atoms with Crippen LogP contribution in [0.5, 0.6) is 11.5 Å². The van der Waals surface area contributed by atoms with Crippen molar-refractivity contribution in [2.45, 2.75) is 0 Å². The van der Waals surface area contributed by atoms with Crippen LogP contribution in [0.2, 0.25) is 0 Å². The molecule has 2 rings (SSSR count). The Balaban J connectivity index is 2.21. The van der Waals surface area contributed by atoms with Crippen molar-refractivity contribution in [2.75, 3.05) is 7.11 Å². The summed E-state index contributed by atoms with van der Waals surface area (Å²) < 4.78 is 4.89. The molecule has 0 aliphatic carbocycles. The Kier molecular flexibility index (Phi) is 4.82. The lowest BCUT2D eigenvalue weighted by Gasteiger charge is -2.05. The number of carbonyl (C=O) groups excluding carboxylic acids is 1. The molecule has 9 nitrogen and oxygen atoms in total. The summed E-state index contributed by atoms with van der Waals surface area (Å²) in [4.78, 5) is 25.9. The molecule has 0 saturated heterocycles. The molecule has 2 aromatic rings. The molecule has 1 aromatic heterocycles. The smallest absolute Gasteiger partial charge is 0.282 e. The fourth-order valence-electron chi connectivity index (χ4n) is 1.72. The molecule has 0 radical (unpaired) electrons. The number of aromatic hydroxyl groups is 1. The third-order valence-electron chi connectivity index (χ3n) is 2.82. The number of carbonyl (C=O) groups is 1. The molecule has 0 fully saturated rings. The number of nitro groups is 1. The van der Waals surface area contributed by atoms with E-state index in [1.165, 1.54) is 25.6 Å². The molecule has 1 aromatic carbocycles. The van der Waals surface area contributed by atoms with Crippen molar-refractivity contribution in [1.29, 1.82) is 0 Å². The fourth-order valence-corrected chi connectivity index (χ4v) is 1.72. The van der Waals surface area contributed by atoms with Gasteiger partial charge in [0.05, 0.1) is 35.4 Å². The van der Waals surface area contributed by atoms with Gasteiger partial charge in [-0.15, -0.1) is 0 Å². The second-order valence-electron chi connectivity index (χ2n) is 4.28. The number of nitrogens with one attached hydrogen (secondary N) is 1. The molecular weight excluding hydrogens is 304 g/mol. The van der Waals surface area contributed by atoms with Gasteiger partial charge in [0.1, 0.15) is 0 Å². The summed E-state index contributed by atoms with van der Waals surface area (Å²) >= 11 is 0. The lowest BCUT2D eigenvalue weighted by Crippen LogP contribution is -2.17. The third-order valence-corrected chi connectivity index (χ3v) is 2.82. The van der Waals surface area contributed by atoms with Crippen LogP contribution in [0.3, 0.4) is 0 Å². The zero-order valence-electron chi connectivity index (χ0n) is 12.0. The summed E-state index contributed by atoms with van der Waals surface area (Å²) in [6.07, 6.45) is 3.97. The Morgan fingerprint density at radius 2 is 2.30 bits per heavy atom. The number of nitro benzene ring substituents is 1.